The summed E-state index contributed by atoms with van der Waals surface area (Å²) in [5.41, 5.74) is 0. The standard InChI is InChI=1S/C8H15ClO2S/c1-2-8(9)5-7-3-4-12(10,11)6-7/h7-8H,2-6H2,1H3. The SMILES string of the molecule is CCC(Cl)CC1CCS(=O)(=O)C1. The lowest BCUT2D eigenvalue weighted by atomic mass is 10.0. The van der Waals surface area contributed by atoms with E-state index in [1.807, 2.05) is 6.92 Å². The molecule has 1 aliphatic rings. The molecule has 2 atom stereocenters. The quantitative estimate of drug-likeness (QED) is 0.667. The lowest BCUT2D eigenvalue weighted by Crippen LogP contribution is -2.09. The summed E-state index contributed by atoms with van der Waals surface area (Å²) in [6.45, 7) is 2.03. The van der Waals surface area contributed by atoms with Crippen LogP contribution in [0.15, 0.2) is 0 Å². The van der Waals surface area contributed by atoms with Gasteiger partial charge in [0.2, 0.25) is 0 Å². The van der Waals surface area contributed by atoms with E-state index in [1.165, 1.54) is 0 Å². The molecule has 1 fully saturated rings. The van der Waals surface area contributed by atoms with Gasteiger partial charge in [-0.15, -0.1) is 11.6 Å². The molecule has 2 unspecified atom stereocenters. The average molecular weight is 211 g/mol. The number of alkyl halides is 1. The fraction of sp³-hybridized carbons (Fsp3) is 1.00. The highest BCUT2D eigenvalue weighted by Gasteiger charge is 2.28. The summed E-state index contributed by atoms with van der Waals surface area (Å²) in [6.07, 6.45) is 2.60. The second-order valence-corrected chi connectivity index (χ2v) is 6.36. The molecular weight excluding hydrogens is 196 g/mol. The Bertz CT molecular complexity index is 235. The van der Waals surface area contributed by atoms with Crippen molar-refractivity contribution in [1.82, 2.24) is 0 Å². The second-order valence-electron chi connectivity index (χ2n) is 3.51. The Morgan fingerprint density at radius 3 is 2.67 bits per heavy atom. The van der Waals surface area contributed by atoms with Crippen LogP contribution in [-0.4, -0.2) is 25.3 Å². The highest BCUT2D eigenvalue weighted by Crippen LogP contribution is 2.25. The van der Waals surface area contributed by atoms with E-state index in [2.05, 4.69) is 0 Å². The van der Waals surface area contributed by atoms with Crippen molar-refractivity contribution in [3.8, 4) is 0 Å². The highest BCUT2D eigenvalue weighted by molar-refractivity contribution is 7.91. The van der Waals surface area contributed by atoms with Gasteiger partial charge in [-0.05, 0) is 25.2 Å². The van der Waals surface area contributed by atoms with Gasteiger partial charge in [-0.25, -0.2) is 8.42 Å². The zero-order valence-electron chi connectivity index (χ0n) is 7.29. The first-order valence-corrected chi connectivity index (χ1v) is 6.64. The van der Waals surface area contributed by atoms with Gasteiger partial charge < -0.3 is 0 Å². The second kappa shape index (κ2) is 3.97. The van der Waals surface area contributed by atoms with Gasteiger partial charge in [-0.3, -0.25) is 0 Å². The van der Waals surface area contributed by atoms with E-state index in [1.54, 1.807) is 0 Å². The molecule has 1 aliphatic heterocycles. The smallest absolute Gasteiger partial charge is 0.150 e. The van der Waals surface area contributed by atoms with E-state index in [-0.39, 0.29) is 5.38 Å². The zero-order chi connectivity index (χ0) is 9.19. The summed E-state index contributed by atoms with van der Waals surface area (Å²) in [7, 11) is -2.71. The molecule has 1 heterocycles. The van der Waals surface area contributed by atoms with E-state index in [0.717, 1.165) is 19.3 Å². The van der Waals surface area contributed by atoms with Crippen LogP contribution in [0.3, 0.4) is 0 Å². The Morgan fingerprint density at radius 1 is 1.58 bits per heavy atom. The number of halogens is 1. The van der Waals surface area contributed by atoms with Crippen LogP contribution in [0.4, 0.5) is 0 Å². The molecule has 0 radical (unpaired) electrons. The van der Waals surface area contributed by atoms with Gasteiger partial charge in [0.05, 0.1) is 11.5 Å². The van der Waals surface area contributed by atoms with Crippen molar-refractivity contribution in [3.63, 3.8) is 0 Å². The van der Waals surface area contributed by atoms with Gasteiger partial charge in [0.1, 0.15) is 0 Å². The molecular formula is C8H15ClO2S. The lowest BCUT2D eigenvalue weighted by molar-refractivity contribution is 0.520. The van der Waals surface area contributed by atoms with E-state index in [0.29, 0.717) is 17.4 Å². The van der Waals surface area contributed by atoms with Gasteiger partial charge in [0.15, 0.2) is 9.84 Å². The molecule has 0 spiro atoms. The van der Waals surface area contributed by atoms with Gasteiger partial charge in [-0.1, -0.05) is 6.92 Å². The molecule has 2 nitrogen and oxygen atoms in total. The van der Waals surface area contributed by atoms with Crippen LogP contribution in [-0.2, 0) is 9.84 Å². The lowest BCUT2D eigenvalue weighted by Gasteiger charge is -2.10. The Labute approximate surface area is 79.2 Å². The number of rotatable bonds is 3. The normalized spacial score (nSPS) is 30.3. The van der Waals surface area contributed by atoms with Crippen LogP contribution in [0.25, 0.3) is 0 Å². The largest absolute Gasteiger partial charge is 0.229 e. The van der Waals surface area contributed by atoms with Crippen molar-refractivity contribution in [2.45, 2.75) is 31.6 Å². The van der Waals surface area contributed by atoms with E-state index < -0.39 is 9.84 Å². The van der Waals surface area contributed by atoms with Crippen LogP contribution in [0.1, 0.15) is 26.2 Å². The predicted molar refractivity (Wildman–Crippen MR) is 51.3 cm³/mol. The van der Waals surface area contributed by atoms with Crippen molar-refractivity contribution < 1.29 is 8.42 Å². The molecule has 0 aromatic carbocycles. The third-order valence-corrected chi connectivity index (χ3v) is 4.68. The van der Waals surface area contributed by atoms with Crippen molar-refractivity contribution in [3.05, 3.63) is 0 Å². The molecule has 4 heteroatoms. The molecule has 1 saturated heterocycles. The first kappa shape index (κ1) is 10.3. The molecule has 0 N–H and O–H groups in total. The molecule has 1 rings (SSSR count). The van der Waals surface area contributed by atoms with Crippen LogP contribution in [0.5, 0.6) is 0 Å². The highest BCUT2D eigenvalue weighted by atomic mass is 35.5. The maximum atomic E-state index is 11.1. The van der Waals surface area contributed by atoms with Crippen LogP contribution in [0.2, 0.25) is 0 Å². The predicted octanol–water partition coefficient (Wildman–Crippen LogP) is 1.83. The summed E-state index contributed by atoms with van der Waals surface area (Å²) in [5, 5.41) is 0.156. The maximum Gasteiger partial charge on any atom is 0.150 e. The van der Waals surface area contributed by atoms with Gasteiger partial charge >= 0.3 is 0 Å². The van der Waals surface area contributed by atoms with Crippen molar-refractivity contribution in [2.75, 3.05) is 11.5 Å². The van der Waals surface area contributed by atoms with Crippen LogP contribution < -0.4 is 0 Å². The van der Waals surface area contributed by atoms with Crippen LogP contribution in [0, 0.1) is 5.92 Å². The minimum absolute atomic E-state index is 0.156. The fourth-order valence-corrected chi connectivity index (χ4v) is 3.72. The Kier molecular flexibility index (Phi) is 3.41. The van der Waals surface area contributed by atoms with E-state index in [4.69, 9.17) is 11.6 Å². The molecule has 0 saturated carbocycles. The molecule has 0 aromatic heterocycles. The number of hydrogen-bond donors (Lipinski definition) is 0. The van der Waals surface area contributed by atoms with E-state index in [9.17, 15) is 8.42 Å². The first-order chi connectivity index (χ1) is 5.53. The molecule has 0 amide bonds. The molecule has 72 valence electrons. The summed E-state index contributed by atoms with van der Waals surface area (Å²) >= 11 is 5.94. The van der Waals surface area contributed by atoms with Gasteiger partial charge in [-0.2, -0.15) is 0 Å². The summed E-state index contributed by atoms with van der Waals surface area (Å²) < 4.78 is 22.1. The van der Waals surface area contributed by atoms with Crippen molar-refractivity contribution in [1.29, 1.82) is 0 Å². The van der Waals surface area contributed by atoms with Crippen molar-refractivity contribution >= 4 is 21.4 Å². The van der Waals surface area contributed by atoms with Crippen molar-refractivity contribution in [2.24, 2.45) is 5.92 Å². The third-order valence-electron chi connectivity index (χ3n) is 2.36. The van der Waals surface area contributed by atoms with Gasteiger partial charge in [0, 0.05) is 5.38 Å². The third kappa shape index (κ3) is 2.94. The molecule has 0 aromatic rings. The minimum atomic E-state index is -2.71. The molecule has 0 bridgehead atoms. The maximum absolute atomic E-state index is 11.1. The summed E-state index contributed by atoms with van der Waals surface area (Å²) in [4.78, 5) is 0. The zero-order valence-corrected chi connectivity index (χ0v) is 8.87. The minimum Gasteiger partial charge on any atom is -0.229 e. The van der Waals surface area contributed by atoms with Gasteiger partial charge in [0.25, 0.3) is 0 Å². The summed E-state index contributed by atoms with van der Waals surface area (Å²) in [5.74, 6) is 1.04. The number of sulfone groups is 1. The average Bonchev–Trinajstić information content (AvgIpc) is 2.30. The topological polar surface area (TPSA) is 34.1 Å². The molecule has 12 heavy (non-hydrogen) atoms. The number of hydrogen-bond acceptors (Lipinski definition) is 2. The fourth-order valence-electron chi connectivity index (χ4n) is 1.59. The Morgan fingerprint density at radius 2 is 2.25 bits per heavy atom. The molecule has 0 aliphatic carbocycles. The monoisotopic (exact) mass is 210 g/mol. The first-order valence-electron chi connectivity index (χ1n) is 4.38. The Balaban J connectivity index is 2.38. The van der Waals surface area contributed by atoms with Crippen LogP contribution >= 0.6 is 11.6 Å². The van der Waals surface area contributed by atoms with E-state index >= 15 is 0 Å². The Hall–Kier alpha value is 0.240. The summed E-state index contributed by atoms with van der Waals surface area (Å²) in [6, 6.07) is 0.